The van der Waals surface area contributed by atoms with Gasteiger partial charge in [-0.05, 0) is 0 Å². The van der Waals surface area contributed by atoms with Gasteiger partial charge >= 0.3 is 11.9 Å². The van der Waals surface area contributed by atoms with E-state index in [1.807, 2.05) is 0 Å². The van der Waals surface area contributed by atoms with Crippen LogP contribution in [0.1, 0.15) is 13.3 Å². The fourth-order valence-electron chi connectivity index (χ4n) is 8.06. The van der Waals surface area contributed by atoms with E-state index in [9.17, 15) is 101 Å². The number of aliphatic hydroxyl groups is 15. The van der Waals surface area contributed by atoms with Crippen molar-refractivity contribution in [2.75, 3.05) is 33.0 Å². The van der Waals surface area contributed by atoms with Crippen molar-refractivity contribution in [2.24, 2.45) is 0 Å². The van der Waals surface area contributed by atoms with Gasteiger partial charge in [-0.2, -0.15) is 0 Å². The van der Waals surface area contributed by atoms with Crippen molar-refractivity contribution >= 4 is 17.8 Å². The topological polar surface area (TPSA) is 490 Å². The summed E-state index contributed by atoms with van der Waals surface area (Å²) in [6, 6.07) is -1.64. The number of carboxylic acids is 2. The van der Waals surface area contributed by atoms with Crippen LogP contribution in [0, 0.1) is 0 Å². The van der Waals surface area contributed by atoms with Crippen LogP contribution in [0.5, 0.6) is 0 Å². The molecule has 1 amide bonds. The molecule has 30 nitrogen and oxygen atoms in total. The molecule has 0 aromatic carbocycles. The largest absolute Gasteiger partial charge is 0.479 e. The Kier molecular flexibility index (Phi) is 18.3. The highest BCUT2D eigenvalue weighted by molar-refractivity contribution is 5.76. The van der Waals surface area contributed by atoms with Gasteiger partial charge in [-0.3, -0.25) is 4.79 Å². The Bertz CT molecular complexity index is 1580. The third-order valence-corrected chi connectivity index (χ3v) is 11.6. The maximum Gasteiger partial charge on any atom is 0.364 e. The summed E-state index contributed by atoms with van der Waals surface area (Å²) < 4.78 is 49.7. The van der Waals surface area contributed by atoms with E-state index in [0.29, 0.717) is 0 Å². The zero-order valence-corrected chi connectivity index (χ0v) is 34.1. The lowest BCUT2D eigenvalue weighted by Gasteiger charge is -2.50. The number of carbonyl (C=O) groups excluding carboxylic acids is 1. The summed E-state index contributed by atoms with van der Waals surface area (Å²) in [5, 5.41) is 180. The van der Waals surface area contributed by atoms with Crippen molar-refractivity contribution in [2.45, 2.75) is 166 Å². The lowest BCUT2D eigenvalue weighted by Crippen LogP contribution is -2.70. The zero-order valence-electron chi connectivity index (χ0n) is 34.1. The van der Waals surface area contributed by atoms with E-state index in [1.165, 1.54) is 0 Å². The van der Waals surface area contributed by atoms with Crippen molar-refractivity contribution in [3.63, 3.8) is 0 Å². The quantitative estimate of drug-likeness (QED) is 0.0606. The second-order valence-electron chi connectivity index (χ2n) is 16.0. The minimum atomic E-state index is -3.17. The number of ether oxygens (including phenoxy) is 9. The molecule has 0 bridgehead atoms. The molecule has 0 aromatic heterocycles. The Balaban J connectivity index is 1.34. The minimum absolute atomic E-state index is 0.812. The van der Waals surface area contributed by atoms with Gasteiger partial charge in [-0.15, -0.1) is 0 Å². The lowest BCUT2D eigenvalue weighted by molar-refractivity contribution is -0.375. The first-order chi connectivity index (χ1) is 30.5. The van der Waals surface area contributed by atoms with Gasteiger partial charge in [0.05, 0.1) is 45.2 Å². The van der Waals surface area contributed by atoms with E-state index in [0.717, 1.165) is 6.92 Å². The van der Waals surface area contributed by atoms with Crippen LogP contribution in [0.4, 0.5) is 0 Å². The highest BCUT2D eigenvalue weighted by atomic mass is 16.8. The Morgan fingerprint density at radius 1 is 0.646 bits per heavy atom. The van der Waals surface area contributed by atoms with Crippen LogP contribution in [0.2, 0.25) is 0 Å². The number of nitrogens with one attached hydrogen (secondary N) is 1. The second-order valence-corrected chi connectivity index (χ2v) is 16.0. The van der Waals surface area contributed by atoms with Crippen LogP contribution < -0.4 is 5.32 Å². The zero-order chi connectivity index (χ0) is 48.4. The molecule has 0 unspecified atom stereocenters. The Morgan fingerprint density at radius 3 is 1.72 bits per heavy atom. The molecule has 5 saturated heterocycles. The van der Waals surface area contributed by atoms with E-state index in [4.69, 9.17) is 42.6 Å². The molecular weight excluding hydrogens is 898 g/mol. The molecule has 376 valence electrons. The number of rotatable bonds is 18. The predicted molar refractivity (Wildman–Crippen MR) is 195 cm³/mol. The summed E-state index contributed by atoms with van der Waals surface area (Å²) in [6.07, 6.45) is -46.5. The van der Waals surface area contributed by atoms with Gasteiger partial charge in [0, 0.05) is 13.3 Å². The number of carbonyl (C=O) groups is 3. The number of hydrogen-bond acceptors (Lipinski definition) is 27. The molecule has 0 aromatic rings. The molecule has 0 radical (unpaired) electrons. The monoisotopic (exact) mass is 955 g/mol. The molecule has 5 aliphatic heterocycles. The van der Waals surface area contributed by atoms with Crippen LogP contribution in [0.25, 0.3) is 0 Å². The van der Waals surface area contributed by atoms with Gasteiger partial charge in [0.1, 0.15) is 110 Å². The molecule has 5 aliphatic rings. The molecule has 65 heavy (non-hydrogen) atoms. The Morgan fingerprint density at radius 2 is 1.18 bits per heavy atom. The molecule has 0 spiro atoms. The summed E-state index contributed by atoms with van der Waals surface area (Å²) in [6.45, 7) is -3.94. The second kappa shape index (κ2) is 22.3. The predicted octanol–water partition coefficient (Wildman–Crippen LogP) is -11.8. The van der Waals surface area contributed by atoms with E-state index in [-0.39, 0.29) is 0 Å². The third-order valence-electron chi connectivity index (χ3n) is 11.6. The van der Waals surface area contributed by atoms with Crippen LogP contribution in [-0.4, -0.2) is 290 Å². The SMILES string of the molecule is CC(=O)N[C@H]1[C@H]([C@H](O)[C@H](O)CO)O[C@@](O[C@H]2[C@@H](O)[C@@H](CO)O[C@@H](O[C@H]3[C@H](O)[C@@H](C(=O)O)O[C@@H]3CO[C@@H]3O[C@H](CO)[C@@H](O[C@@H]4O[C@H](CO)[C@H](O)[C@H](O)[C@H]4O)[C@H](O)[C@H]3O)[C@@H]2O)(C(=O)O)C[C@@H]1O. The van der Waals surface area contributed by atoms with Crippen molar-refractivity contribution in [3.8, 4) is 0 Å². The summed E-state index contributed by atoms with van der Waals surface area (Å²) in [5.41, 5.74) is 0. The molecule has 5 heterocycles. The fourth-order valence-corrected chi connectivity index (χ4v) is 8.06. The molecule has 30 heteroatoms. The molecule has 5 fully saturated rings. The van der Waals surface area contributed by atoms with Crippen LogP contribution in [0.15, 0.2) is 0 Å². The van der Waals surface area contributed by atoms with Crippen molar-refractivity contribution < 1.29 is 144 Å². The highest BCUT2D eigenvalue weighted by Crippen LogP contribution is 2.39. The highest BCUT2D eigenvalue weighted by Gasteiger charge is 2.61. The van der Waals surface area contributed by atoms with E-state index >= 15 is 0 Å². The number of amides is 1. The smallest absolute Gasteiger partial charge is 0.364 e. The minimum Gasteiger partial charge on any atom is -0.479 e. The summed E-state index contributed by atoms with van der Waals surface area (Å²) >= 11 is 0. The molecule has 18 N–H and O–H groups in total. The van der Waals surface area contributed by atoms with Gasteiger partial charge in [-0.25, -0.2) is 9.59 Å². The number of aliphatic hydroxyl groups excluding tert-OH is 15. The number of hydrogen-bond donors (Lipinski definition) is 18. The van der Waals surface area contributed by atoms with Gasteiger partial charge < -0.3 is 135 Å². The van der Waals surface area contributed by atoms with E-state index < -0.39 is 210 Å². The molecule has 5 rings (SSSR count). The molecule has 0 saturated carbocycles. The van der Waals surface area contributed by atoms with Crippen LogP contribution in [-0.2, 0) is 57.0 Å². The summed E-state index contributed by atoms with van der Waals surface area (Å²) in [5.74, 6) is -7.81. The summed E-state index contributed by atoms with van der Waals surface area (Å²) in [7, 11) is 0. The first kappa shape index (κ1) is 53.4. The number of carboxylic acid groups (broad SMARTS) is 2. The van der Waals surface area contributed by atoms with Crippen molar-refractivity contribution in [1.82, 2.24) is 5.32 Å². The normalized spacial score (nSPS) is 46.9. The Hall–Kier alpha value is -2.55. The maximum absolute atomic E-state index is 12.9. The molecule has 25 atom stereocenters. The van der Waals surface area contributed by atoms with Gasteiger partial charge in [0.15, 0.2) is 25.0 Å². The fraction of sp³-hybridized carbons (Fsp3) is 0.914. The van der Waals surface area contributed by atoms with Crippen LogP contribution in [0.3, 0.4) is 0 Å². The van der Waals surface area contributed by atoms with Crippen molar-refractivity contribution in [3.05, 3.63) is 0 Å². The molecule has 0 aliphatic carbocycles. The first-order valence-corrected chi connectivity index (χ1v) is 20.1. The average molecular weight is 956 g/mol. The van der Waals surface area contributed by atoms with Crippen LogP contribution >= 0.6 is 0 Å². The van der Waals surface area contributed by atoms with E-state index in [1.54, 1.807) is 0 Å². The Labute approximate surface area is 366 Å². The maximum atomic E-state index is 12.9. The average Bonchev–Trinajstić information content (AvgIpc) is 3.58. The summed E-state index contributed by atoms with van der Waals surface area (Å²) in [4.78, 5) is 36.9. The van der Waals surface area contributed by atoms with Gasteiger partial charge in [-0.1, -0.05) is 0 Å². The van der Waals surface area contributed by atoms with Gasteiger partial charge in [0.2, 0.25) is 5.91 Å². The number of aliphatic carboxylic acids is 2. The lowest BCUT2D eigenvalue weighted by atomic mass is 9.88. The third kappa shape index (κ3) is 11.2. The van der Waals surface area contributed by atoms with Crippen molar-refractivity contribution in [1.29, 1.82) is 0 Å². The van der Waals surface area contributed by atoms with Gasteiger partial charge in [0.25, 0.3) is 5.79 Å². The van der Waals surface area contributed by atoms with E-state index in [2.05, 4.69) is 5.32 Å². The first-order valence-electron chi connectivity index (χ1n) is 20.1. The molecular formula is C35H57NO29. The standard InChI is InChI=1S/C35H57NO29/c1-8(41)36-15-9(42)2-35(34(55)56,64-27(15)16(44)10(43)3-37)65-28-18(46)12(5-39)60-33(24(28)52)63-26-14(58-29(23(26)51)30(53)54)7-57-31-22(50)20(48)25(13(6-40)61-31)62-32-21(49)19(47)17(45)11(4-38)59-32/h9-29,31-33,37-40,42-52H,2-7H2,1H3,(H,36,41)(H,53,54)(H,55,56)/t9-,10+,11+,12+,13+,14+,15+,16+,17-,18-,19-,20+,21+,22+,23-,24+,25+,26+,27+,28-,29-,31+,32-,33-,35-/m0/s1.